The minimum absolute atomic E-state index is 0. The molecule has 0 amide bonds. The van der Waals surface area contributed by atoms with Crippen molar-refractivity contribution in [3.05, 3.63) is 12.2 Å². The number of aliphatic carboxylic acids is 2. The van der Waals surface area contributed by atoms with E-state index >= 15 is 0 Å². The van der Waals surface area contributed by atoms with Crippen molar-refractivity contribution in [2.75, 3.05) is 0 Å². The molecular formula is C4H16Ca3O12P2. The van der Waals surface area contributed by atoms with Gasteiger partial charge in [0.2, 0.25) is 0 Å². The van der Waals surface area contributed by atoms with Crippen LogP contribution in [0.4, 0.5) is 0 Å². The van der Waals surface area contributed by atoms with E-state index in [1.807, 2.05) is 0 Å². The fraction of sp³-hybridized carbons (Fsp3) is 0. The maximum atomic E-state index is 9.55. The van der Waals surface area contributed by atoms with Crippen LogP contribution >= 0.6 is 15.6 Å². The molecule has 0 bridgehead atoms. The maximum absolute atomic E-state index is 9.55. The third-order valence-corrected chi connectivity index (χ3v) is 0.368. The first-order valence-corrected chi connectivity index (χ1v) is 6.46. The standard InChI is InChI=1S/C4H4O4.3Ca.2H3O4P.6H/c5-3(6)1-2-4(7)8;;;;2*1-5(2,3)4;;;;;;/h1-2H,(H,5,6)(H,7,8);;;;2*(H3,1,2,3,4);;;;;;/q;3*+2;;;6*-1/b2-1+;;;;;;;;;;;. The van der Waals surface area contributed by atoms with Crippen molar-refractivity contribution in [2.45, 2.75) is 0 Å². The van der Waals surface area contributed by atoms with Gasteiger partial charge in [0.15, 0.2) is 0 Å². The molecule has 12 nitrogen and oxygen atoms in total. The molecule has 0 radical (unpaired) electrons. The van der Waals surface area contributed by atoms with Gasteiger partial charge >= 0.3 is 141 Å². The van der Waals surface area contributed by atoms with Crippen LogP contribution in [0.5, 0.6) is 0 Å². The van der Waals surface area contributed by atoms with Crippen LogP contribution in [0.3, 0.4) is 0 Å². The van der Waals surface area contributed by atoms with Crippen LogP contribution in [0.15, 0.2) is 12.2 Å². The topological polar surface area (TPSA) is 230 Å². The van der Waals surface area contributed by atoms with Gasteiger partial charge in [0.1, 0.15) is 0 Å². The summed E-state index contributed by atoms with van der Waals surface area (Å²) >= 11 is 0. The Kier molecular flexibility index (Phi) is 38.5. The van der Waals surface area contributed by atoms with Crippen LogP contribution in [0.25, 0.3) is 0 Å². The first-order valence-electron chi connectivity index (χ1n) is 3.33. The van der Waals surface area contributed by atoms with Crippen LogP contribution in [0.2, 0.25) is 0 Å². The Morgan fingerprint density at radius 2 is 0.762 bits per heavy atom. The molecule has 0 heterocycles. The summed E-state index contributed by atoms with van der Waals surface area (Å²) in [4.78, 5) is 62.2. The molecule has 0 saturated carbocycles. The van der Waals surface area contributed by atoms with E-state index in [1.54, 1.807) is 0 Å². The molecule has 0 aliphatic rings. The van der Waals surface area contributed by atoms with Crippen molar-refractivity contribution in [1.82, 2.24) is 0 Å². The third kappa shape index (κ3) is 164. The second-order valence-electron chi connectivity index (χ2n) is 2.04. The van der Waals surface area contributed by atoms with Crippen LogP contribution in [-0.2, 0) is 18.7 Å². The van der Waals surface area contributed by atoms with Crippen molar-refractivity contribution < 1.29 is 66.9 Å². The monoisotopic (exact) mass is 438 g/mol. The molecule has 0 rings (SSSR count). The van der Waals surface area contributed by atoms with Crippen LogP contribution < -0.4 is 0 Å². The Morgan fingerprint density at radius 1 is 0.667 bits per heavy atom. The van der Waals surface area contributed by atoms with Gasteiger partial charge in [-0.05, 0) is 0 Å². The number of carboxylic acids is 2. The maximum Gasteiger partial charge on any atom is 2.00 e. The second kappa shape index (κ2) is 20.7. The van der Waals surface area contributed by atoms with Crippen LogP contribution in [0.1, 0.15) is 8.56 Å². The zero-order chi connectivity index (χ0) is 15.6. The van der Waals surface area contributed by atoms with E-state index < -0.39 is 27.6 Å². The quantitative estimate of drug-likeness (QED) is 0.126. The molecule has 0 aromatic rings. The van der Waals surface area contributed by atoms with Gasteiger partial charge in [0, 0.05) is 12.2 Å². The molecule has 0 atom stereocenters. The van der Waals surface area contributed by atoms with Gasteiger partial charge in [0.05, 0.1) is 0 Å². The SMILES string of the molecule is O=C(O)/C=C/C(=O)O.O=P(O)(O)O.O=P(O)(O)O.[Ca+2].[Ca+2].[Ca+2].[H-].[H-].[H-].[H-].[H-].[H-]. The third-order valence-electron chi connectivity index (χ3n) is 0.368. The Morgan fingerprint density at radius 3 is 0.810 bits per heavy atom. The second-order valence-corrected chi connectivity index (χ2v) is 4.09. The molecule has 17 heteroatoms. The first-order chi connectivity index (χ1) is 7.63. The summed E-state index contributed by atoms with van der Waals surface area (Å²) in [6, 6.07) is 0. The predicted molar refractivity (Wildman–Crippen MR) is 76.9 cm³/mol. The van der Waals surface area contributed by atoms with Gasteiger partial charge in [-0.15, -0.1) is 0 Å². The number of rotatable bonds is 2. The van der Waals surface area contributed by atoms with Gasteiger partial charge in [-0.2, -0.15) is 0 Å². The number of phosphoric acid groups is 2. The molecule has 0 aromatic carbocycles. The largest absolute Gasteiger partial charge is 2.00 e. The number of carbonyl (C=O) groups is 2. The van der Waals surface area contributed by atoms with Gasteiger partial charge in [-0.1, -0.05) is 0 Å². The van der Waals surface area contributed by atoms with Gasteiger partial charge < -0.3 is 48.1 Å². The fourth-order valence-electron chi connectivity index (χ4n) is 0.143. The Labute approximate surface area is 216 Å². The Bertz CT molecular complexity index is 352. The number of carboxylic acid groups (broad SMARTS) is 2. The summed E-state index contributed by atoms with van der Waals surface area (Å²) < 4.78 is 17.8. The summed E-state index contributed by atoms with van der Waals surface area (Å²) in [7, 11) is -9.28. The average Bonchev–Trinajstić information content (AvgIpc) is 1.93. The summed E-state index contributed by atoms with van der Waals surface area (Å²) in [6.07, 6.45) is 1.12. The van der Waals surface area contributed by atoms with Crippen LogP contribution in [0, 0.1) is 0 Å². The van der Waals surface area contributed by atoms with E-state index in [2.05, 4.69) is 0 Å². The van der Waals surface area contributed by atoms with E-state index in [-0.39, 0.29) is 122 Å². The molecule has 21 heavy (non-hydrogen) atoms. The summed E-state index contributed by atoms with van der Waals surface area (Å²) in [5, 5.41) is 15.6. The van der Waals surface area contributed by atoms with E-state index in [1.165, 1.54) is 0 Å². The van der Waals surface area contributed by atoms with Crippen molar-refractivity contribution in [1.29, 1.82) is 0 Å². The minimum atomic E-state index is -4.64. The fourth-order valence-corrected chi connectivity index (χ4v) is 0.143. The van der Waals surface area contributed by atoms with E-state index in [0.717, 1.165) is 0 Å². The number of hydrogen-bond acceptors (Lipinski definition) is 4. The Hall–Kier alpha value is 2.68. The molecule has 0 spiro atoms. The van der Waals surface area contributed by atoms with Crippen LogP contribution in [-0.4, -0.2) is 165 Å². The van der Waals surface area contributed by atoms with Crippen molar-refractivity contribution in [3.8, 4) is 0 Å². The molecule has 0 aliphatic carbocycles. The average molecular weight is 438 g/mol. The molecule has 0 aliphatic heterocycles. The minimum Gasteiger partial charge on any atom is -1.00 e. The van der Waals surface area contributed by atoms with Crippen molar-refractivity contribution in [3.63, 3.8) is 0 Å². The molecule has 0 fully saturated rings. The van der Waals surface area contributed by atoms with E-state index in [9.17, 15) is 9.59 Å². The first kappa shape index (κ1) is 39.0. The smallest absolute Gasteiger partial charge is 1.00 e. The molecule has 0 unspecified atom stereocenters. The molecular weight excluding hydrogens is 422 g/mol. The van der Waals surface area contributed by atoms with Gasteiger partial charge in [-0.3, -0.25) is 0 Å². The number of hydrogen-bond donors (Lipinski definition) is 8. The summed E-state index contributed by atoms with van der Waals surface area (Å²) in [5.41, 5.74) is 0. The zero-order valence-corrected chi connectivity index (χ0v) is 18.8. The predicted octanol–water partition coefficient (Wildman–Crippen LogP) is -2.61. The van der Waals surface area contributed by atoms with Gasteiger partial charge in [0.25, 0.3) is 0 Å². The van der Waals surface area contributed by atoms with Crippen molar-refractivity contribution >= 4 is 141 Å². The normalized spacial score (nSPS) is 9.24. The molecule has 120 valence electrons. The van der Waals surface area contributed by atoms with Crippen molar-refractivity contribution in [2.24, 2.45) is 0 Å². The molecule has 8 N–H and O–H groups in total. The zero-order valence-electron chi connectivity index (χ0n) is 16.4. The van der Waals surface area contributed by atoms with E-state index in [0.29, 0.717) is 12.2 Å². The molecule has 0 aromatic heterocycles. The Balaban J connectivity index is -0.0000000110. The molecule has 0 saturated heterocycles. The summed E-state index contributed by atoms with van der Waals surface area (Å²) in [6.45, 7) is 0. The van der Waals surface area contributed by atoms with E-state index in [4.69, 9.17) is 48.7 Å². The van der Waals surface area contributed by atoms with Gasteiger partial charge in [-0.25, -0.2) is 18.7 Å². The summed E-state index contributed by atoms with van der Waals surface area (Å²) in [5.74, 6) is -2.51.